The molecule has 0 spiro atoms. The fraction of sp³-hybridized carbons (Fsp3) is 0.625. The SMILES string of the molecule is CC1(n2ncc(Cl)c2N)CCS(=O)(=O)C1. The van der Waals surface area contributed by atoms with Crippen molar-refractivity contribution in [1.82, 2.24) is 9.78 Å². The minimum absolute atomic E-state index is 0.0716. The van der Waals surface area contributed by atoms with Crippen molar-refractivity contribution < 1.29 is 8.42 Å². The van der Waals surface area contributed by atoms with Crippen molar-refractivity contribution in [2.45, 2.75) is 18.9 Å². The number of hydrogen-bond acceptors (Lipinski definition) is 4. The third-order valence-electron chi connectivity index (χ3n) is 2.75. The van der Waals surface area contributed by atoms with Gasteiger partial charge in [0.2, 0.25) is 0 Å². The minimum atomic E-state index is -2.97. The first-order chi connectivity index (χ1) is 6.84. The summed E-state index contributed by atoms with van der Waals surface area (Å²) in [6.07, 6.45) is 1.96. The van der Waals surface area contributed by atoms with Crippen LogP contribution in [0.2, 0.25) is 5.02 Å². The van der Waals surface area contributed by atoms with Crippen LogP contribution in [0.15, 0.2) is 6.20 Å². The number of rotatable bonds is 1. The predicted molar refractivity (Wildman–Crippen MR) is 58.6 cm³/mol. The van der Waals surface area contributed by atoms with E-state index in [0.717, 1.165) is 0 Å². The molecule has 1 atom stereocenters. The van der Waals surface area contributed by atoms with E-state index in [9.17, 15) is 8.42 Å². The first kappa shape index (κ1) is 10.8. The molecule has 1 aliphatic rings. The molecule has 15 heavy (non-hydrogen) atoms. The van der Waals surface area contributed by atoms with Gasteiger partial charge in [-0.15, -0.1) is 0 Å². The molecule has 7 heteroatoms. The molecule has 1 aromatic rings. The zero-order valence-corrected chi connectivity index (χ0v) is 9.85. The summed E-state index contributed by atoms with van der Waals surface area (Å²) in [7, 11) is -2.97. The molecule has 0 amide bonds. The number of aromatic nitrogens is 2. The monoisotopic (exact) mass is 249 g/mol. The number of nitrogen functional groups attached to an aromatic ring is 1. The van der Waals surface area contributed by atoms with Gasteiger partial charge in [0.15, 0.2) is 9.84 Å². The van der Waals surface area contributed by atoms with Crippen molar-refractivity contribution in [3.05, 3.63) is 11.2 Å². The predicted octanol–water partition coefficient (Wildman–Crippen LogP) is 0.652. The Morgan fingerprint density at radius 1 is 1.67 bits per heavy atom. The van der Waals surface area contributed by atoms with Crippen LogP contribution >= 0.6 is 11.6 Å². The summed E-state index contributed by atoms with van der Waals surface area (Å²) in [5, 5.41) is 4.39. The van der Waals surface area contributed by atoms with E-state index >= 15 is 0 Å². The van der Waals surface area contributed by atoms with Gasteiger partial charge in [-0.25, -0.2) is 13.1 Å². The van der Waals surface area contributed by atoms with Crippen molar-refractivity contribution in [1.29, 1.82) is 0 Å². The maximum atomic E-state index is 11.4. The van der Waals surface area contributed by atoms with Gasteiger partial charge in [-0.1, -0.05) is 11.6 Å². The van der Waals surface area contributed by atoms with Gasteiger partial charge in [0, 0.05) is 0 Å². The second-order valence-electron chi connectivity index (χ2n) is 4.13. The Hall–Kier alpha value is -0.750. The molecule has 0 aromatic carbocycles. The molecule has 2 N–H and O–H groups in total. The lowest BCUT2D eigenvalue weighted by Gasteiger charge is -2.23. The fourth-order valence-corrected chi connectivity index (χ4v) is 4.16. The fourth-order valence-electron chi connectivity index (χ4n) is 1.93. The van der Waals surface area contributed by atoms with Crippen LogP contribution < -0.4 is 5.73 Å². The Kier molecular flexibility index (Phi) is 2.24. The van der Waals surface area contributed by atoms with E-state index < -0.39 is 15.4 Å². The van der Waals surface area contributed by atoms with Crippen LogP contribution in [0.1, 0.15) is 13.3 Å². The van der Waals surface area contributed by atoms with Crippen molar-refractivity contribution in [3.63, 3.8) is 0 Å². The Morgan fingerprint density at radius 2 is 2.33 bits per heavy atom. The van der Waals surface area contributed by atoms with E-state index in [1.807, 2.05) is 6.92 Å². The van der Waals surface area contributed by atoms with Crippen LogP contribution in [0.25, 0.3) is 0 Å². The van der Waals surface area contributed by atoms with Gasteiger partial charge >= 0.3 is 0 Å². The average Bonchev–Trinajstić information content (AvgIpc) is 2.57. The standard InChI is InChI=1S/C8H12ClN3O2S/c1-8(2-3-15(13,14)5-8)12-7(10)6(9)4-11-12/h4H,2-3,5,10H2,1H3. The summed E-state index contributed by atoms with van der Waals surface area (Å²) < 4.78 is 24.4. The summed E-state index contributed by atoms with van der Waals surface area (Å²) in [4.78, 5) is 0. The van der Waals surface area contributed by atoms with Crippen molar-refractivity contribution in [2.24, 2.45) is 0 Å². The Bertz CT molecular complexity index is 496. The van der Waals surface area contributed by atoms with Gasteiger partial charge in [0.05, 0.1) is 23.2 Å². The highest BCUT2D eigenvalue weighted by atomic mass is 35.5. The number of halogens is 1. The zero-order chi connectivity index (χ0) is 11.3. The van der Waals surface area contributed by atoms with Crippen LogP contribution in [0.4, 0.5) is 5.82 Å². The van der Waals surface area contributed by atoms with Crippen LogP contribution in [-0.2, 0) is 15.4 Å². The van der Waals surface area contributed by atoms with Gasteiger partial charge in [-0.2, -0.15) is 5.10 Å². The number of nitrogens with two attached hydrogens (primary N) is 1. The van der Waals surface area contributed by atoms with Crippen molar-refractivity contribution in [3.8, 4) is 0 Å². The number of sulfone groups is 1. The van der Waals surface area contributed by atoms with Crippen LogP contribution in [-0.4, -0.2) is 29.7 Å². The molecule has 0 saturated carbocycles. The van der Waals surface area contributed by atoms with Crippen LogP contribution in [0.3, 0.4) is 0 Å². The van der Waals surface area contributed by atoms with E-state index in [-0.39, 0.29) is 11.5 Å². The molecule has 0 radical (unpaired) electrons. The van der Waals surface area contributed by atoms with Gasteiger partial charge in [-0.05, 0) is 13.3 Å². The maximum absolute atomic E-state index is 11.4. The smallest absolute Gasteiger partial charge is 0.152 e. The largest absolute Gasteiger partial charge is 0.383 e. The second-order valence-corrected chi connectivity index (χ2v) is 6.72. The van der Waals surface area contributed by atoms with Gasteiger partial charge < -0.3 is 5.73 Å². The molecule has 2 rings (SSSR count). The summed E-state index contributed by atoms with van der Waals surface area (Å²) in [5.41, 5.74) is 5.17. The first-order valence-electron chi connectivity index (χ1n) is 4.54. The van der Waals surface area contributed by atoms with Crippen molar-refractivity contribution >= 4 is 27.3 Å². The highest BCUT2D eigenvalue weighted by Gasteiger charge is 2.41. The van der Waals surface area contributed by atoms with Gasteiger partial charge in [-0.3, -0.25) is 0 Å². The normalized spacial score (nSPS) is 29.5. The summed E-state index contributed by atoms with van der Waals surface area (Å²) in [6.45, 7) is 1.83. The highest BCUT2D eigenvalue weighted by Crippen LogP contribution is 2.33. The molecular formula is C8H12ClN3O2S. The van der Waals surface area contributed by atoms with E-state index in [1.165, 1.54) is 10.9 Å². The summed E-state index contributed by atoms with van der Waals surface area (Å²) >= 11 is 5.78. The lowest BCUT2D eigenvalue weighted by atomic mass is 10.0. The Labute approximate surface area is 93.1 Å². The first-order valence-corrected chi connectivity index (χ1v) is 6.74. The number of anilines is 1. The van der Waals surface area contributed by atoms with Gasteiger partial charge in [0.25, 0.3) is 0 Å². The molecule has 2 heterocycles. The number of hydrogen-bond donors (Lipinski definition) is 1. The molecule has 84 valence electrons. The van der Waals surface area contributed by atoms with Gasteiger partial charge in [0.1, 0.15) is 10.8 Å². The zero-order valence-electron chi connectivity index (χ0n) is 8.27. The van der Waals surface area contributed by atoms with Crippen LogP contribution in [0, 0.1) is 0 Å². The maximum Gasteiger partial charge on any atom is 0.152 e. The highest BCUT2D eigenvalue weighted by molar-refractivity contribution is 7.91. The lowest BCUT2D eigenvalue weighted by Crippen LogP contribution is -2.33. The third kappa shape index (κ3) is 1.72. The molecule has 1 saturated heterocycles. The van der Waals surface area contributed by atoms with E-state index in [1.54, 1.807) is 0 Å². The minimum Gasteiger partial charge on any atom is -0.383 e. The molecule has 5 nitrogen and oxygen atoms in total. The molecule has 1 fully saturated rings. The van der Waals surface area contributed by atoms with E-state index in [2.05, 4.69) is 5.10 Å². The average molecular weight is 250 g/mol. The lowest BCUT2D eigenvalue weighted by molar-refractivity contribution is 0.334. The van der Waals surface area contributed by atoms with E-state index in [4.69, 9.17) is 17.3 Å². The molecule has 1 aromatic heterocycles. The molecule has 1 unspecified atom stereocenters. The van der Waals surface area contributed by atoms with Crippen molar-refractivity contribution in [2.75, 3.05) is 17.2 Å². The van der Waals surface area contributed by atoms with Crippen LogP contribution in [0.5, 0.6) is 0 Å². The third-order valence-corrected chi connectivity index (χ3v) is 4.93. The molecule has 0 bridgehead atoms. The Balaban J connectivity index is 2.44. The number of nitrogens with zero attached hydrogens (tertiary/aromatic N) is 2. The topological polar surface area (TPSA) is 78.0 Å². The second kappa shape index (κ2) is 3.12. The molecular weight excluding hydrogens is 238 g/mol. The quantitative estimate of drug-likeness (QED) is 0.793. The summed E-state index contributed by atoms with van der Waals surface area (Å²) in [5.74, 6) is 0.582. The molecule has 1 aliphatic heterocycles. The molecule has 0 aliphatic carbocycles. The summed E-state index contributed by atoms with van der Waals surface area (Å²) in [6, 6.07) is 0. The Morgan fingerprint density at radius 3 is 2.73 bits per heavy atom. The van der Waals surface area contributed by atoms with E-state index in [0.29, 0.717) is 17.3 Å².